The minimum atomic E-state index is -1.35. The molecule has 0 rings (SSSR count). The molecule has 15 heavy (non-hydrogen) atoms. The van der Waals surface area contributed by atoms with Gasteiger partial charge in [-0.2, -0.15) is 0 Å². The molecule has 5 nitrogen and oxygen atoms in total. The molecule has 0 atom stereocenters. The van der Waals surface area contributed by atoms with Crippen LogP contribution in [-0.4, -0.2) is 24.3 Å². The molecule has 0 aromatic carbocycles. The molecule has 0 aliphatic carbocycles. The number of carboxylic acid groups (broad SMARTS) is 1. The van der Waals surface area contributed by atoms with Crippen LogP contribution in [0.25, 0.3) is 0 Å². The third-order valence-corrected chi connectivity index (χ3v) is 1.33. The van der Waals surface area contributed by atoms with E-state index in [1.54, 1.807) is 0 Å². The molecule has 0 amide bonds. The van der Waals surface area contributed by atoms with E-state index >= 15 is 0 Å². The molecule has 0 unspecified atom stereocenters. The summed E-state index contributed by atoms with van der Waals surface area (Å²) in [6, 6.07) is 0. The van der Waals surface area contributed by atoms with Crippen LogP contribution in [-0.2, 0) is 19.1 Å². The monoisotopic (exact) mass is 240 g/mol. The molecule has 0 aliphatic heterocycles. The van der Waals surface area contributed by atoms with Crippen molar-refractivity contribution in [1.82, 2.24) is 0 Å². The third kappa shape index (κ3) is 10.5. The number of carbonyl (C=O) groups is 3. The zero-order valence-corrected chi connectivity index (χ0v) is 12.4. The summed E-state index contributed by atoms with van der Waals surface area (Å²) in [5.74, 6) is -3.00. The van der Waals surface area contributed by atoms with Gasteiger partial charge in [-0.25, -0.2) is 4.79 Å². The molecule has 0 aromatic rings. The summed E-state index contributed by atoms with van der Waals surface area (Å²) in [7, 11) is 0. The average Bonchev–Trinajstić information content (AvgIpc) is 2.09. The second-order valence-corrected chi connectivity index (χ2v) is 3.29. The zero-order chi connectivity index (χ0) is 11.1. The third-order valence-electron chi connectivity index (χ3n) is 1.33. The van der Waals surface area contributed by atoms with Crippen molar-refractivity contribution in [2.75, 3.05) is 6.61 Å². The van der Waals surface area contributed by atoms with Crippen LogP contribution >= 0.6 is 0 Å². The maximum Gasteiger partial charge on any atom is 1.00 e. The fourth-order valence-electron chi connectivity index (χ4n) is 0.641. The number of hydrogen-bond donors (Lipinski definition) is 0. The largest absolute Gasteiger partial charge is 1.00 e. The Morgan fingerprint density at radius 3 is 2.13 bits per heavy atom. The molecule has 0 aromatic heterocycles. The van der Waals surface area contributed by atoms with E-state index in [9.17, 15) is 19.5 Å². The molecule has 0 saturated carbocycles. The second-order valence-electron chi connectivity index (χ2n) is 3.29. The van der Waals surface area contributed by atoms with E-state index in [0.717, 1.165) is 0 Å². The van der Waals surface area contributed by atoms with Gasteiger partial charge in [-0.05, 0) is 12.3 Å². The molecule has 0 fully saturated rings. The van der Waals surface area contributed by atoms with E-state index in [-0.39, 0.29) is 70.3 Å². The normalized spacial score (nSPS) is 9.27. The average molecular weight is 240 g/mol. The van der Waals surface area contributed by atoms with Crippen molar-refractivity contribution in [3.63, 3.8) is 0 Å². The molecular weight excluding hydrogens is 227 g/mol. The number of carboxylic acids is 1. The van der Waals surface area contributed by atoms with Gasteiger partial charge in [0.15, 0.2) is 0 Å². The number of carbonyl (C=O) groups excluding carboxylic acids is 3. The standard InChI is InChI=1S/C9H14O5.K/c1-6(2)5-14-9(13)7(10)3-4-8(11)12;/h6H,3-5H2,1-2H3,(H,11,12);/q;+1/p-1. The van der Waals surface area contributed by atoms with Crippen LogP contribution in [0.4, 0.5) is 0 Å². The van der Waals surface area contributed by atoms with Crippen LogP contribution in [0.1, 0.15) is 26.7 Å². The van der Waals surface area contributed by atoms with Crippen molar-refractivity contribution in [2.24, 2.45) is 5.92 Å². The molecule has 0 radical (unpaired) electrons. The first kappa shape index (κ1) is 17.6. The Kier molecular flexibility index (Phi) is 11.1. The Morgan fingerprint density at radius 1 is 1.20 bits per heavy atom. The van der Waals surface area contributed by atoms with Gasteiger partial charge in [0, 0.05) is 12.4 Å². The first-order valence-corrected chi connectivity index (χ1v) is 4.33. The van der Waals surface area contributed by atoms with Crippen molar-refractivity contribution in [3.8, 4) is 0 Å². The van der Waals surface area contributed by atoms with Crippen molar-refractivity contribution < 1.29 is 75.6 Å². The minimum Gasteiger partial charge on any atom is -0.550 e. The van der Waals surface area contributed by atoms with Crippen molar-refractivity contribution >= 4 is 17.7 Å². The van der Waals surface area contributed by atoms with E-state index in [1.165, 1.54) is 0 Å². The van der Waals surface area contributed by atoms with Gasteiger partial charge >= 0.3 is 57.4 Å². The van der Waals surface area contributed by atoms with Gasteiger partial charge < -0.3 is 14.6 Å². The Labute approximate surface area is 131 Å². The van der Waals surface area contributed by atoms with E-state index in [1.807, 2.05) is 13.8 Å². The van der Waals surface area contributed by atoms with Gasteiger partial charge in [0.2, 0.25) is 5.78 Å². The summed E-state index contributed by atoms with van der Waals surface area (Å²) < 4.78 is 4.60. The molecular formula is C9H13KO5. The first-order chi connectivity index (χ1) is 6.43. The Morgan fingerprint density at radius 2 is 1.73 bits per heavy atom. The Balaban J connectivity index is 0. The fourth-order valence-corrected chi connectivity index (χ4v) is 0.641. The number of esters is 1. The number of aliphatic carboxylic acids is 1. The molecule has 6 heteroatoms. The Bertz CT molecular complexity index is 237. The molecule has 0 spiro atoms. The number of Topliss-reactive ketones (excluding diaryl/α,β-unsaturated/α-hetero) is 1. The van der Waals surface area contributed by atoms with E-state index < -0.39 is 24.1 Å². The molecule has 0 bridgehead atoms. The summed E-state index contributed by atoms with van der Waals surface area (Å²) >= 11 is 0. The summed E-state index contributed by atoms with van der Waals surface area (Å²) in [5, 5.41) is 9.98. The number of hydrogen-bond acceptors (Lipinski definition) is 5. The number of ketones is 1. The predicted octanol–water partition coefficient (Wildman–Crippen LogP) is -3.71. The van der Waals surface area contributed by atoms with Crippen molar-refractivity contribution in [1.29, 1.82) is 0 Å². The van der Waals surface area contributed by atoms with E-state index in [0.29, 0.717) is 0 Å². The van der Waals surface area contributed by atoms with Crippen LogP contribution in [0.2, 0.25) is 0 Å². The van der Waals surface area contributed by atoms with Gasteiger partial charge in [0.25, 0.3) is 0 Å². The van der Waals surface area contributed by atoms with Gasteiger partial charge in [-0.1, -0.05) is 13.8 Å². The maximum absolute atomic E-state index is 10.9. The van der Waals surface area contributed by atoms with Crippen LogP contribution < -0.4 is 56.5 Å². The van der Waals surface area contributed by atoms with Crippen molar-refractivity contribution in [2.45, 2.75) is 26.7 Å². The van der Waals surface area contributed by atoms with Crippen LogP contribution in [0.3, 0.4) is 0 Å². The predicted molar refractivity (Wildman–Crippen MR) is 45.0 cm³/mol. The molecule has 80 valence electrons. The topological polar surface area (TPSA) is 83.5 Å². The van der Waals surface area contributed by atoms with Gasteiger partial charge in [0.1, 0.15) is 0 Å². The number of rotatable bonds is 6. The van der Waals surface area contributed by atoms with Gasteiger partial charge in [-0.15, -0.1) is 0 Å². The maximum atomic E-state index is 10.9. The zero-order valence-electron chi connectivity index (χ0n) is 9.24. The second kappa shape index (κ2) is 9.47. The minimum absolute atomic E-state index is 0. The SMILES string of the molecule is CC(C)COC(=O)C(=O)CCC(=O)[O-].[K+]. The summed E-state index contributed by atoms with van der Waals surface area (Å²) in [6.07, 6.45) is -0.811. The van der Waals surface area contributed by atoms with E-state index in [2.05, 4.69) is 4.74 Å². The van der Waals surface area contributed by atoms with E-state index in [4.69, 9.17) is 0 Å². The first-order valence-electron chi connectivity index (χ1n) is 4.33. The summed E-state index contributed by atoms with van der Waals surface area (Å²) in [6.45, 7) is 3.83. The fraction of sp³-hybridized carbons (Fsp3) is 0.667. The van der Waals surface area contributed by atoms with Gasteiger partial charge in [0.05, 0.1) is 6.61 Å². The quantitative estimate of drug-likeness (QED) is 0.271. The Hall–Kier alpha value is 0.246. The van der Waals surface area contributed by atoms with Crippen LogP contribution in [0.15, 0.2) is 0 Å². The molecule has 0 N–H and O–H groups in total. The summed E-state index contributed by atoms with van der Waals surface area (Å²) in [5.41, 5.74) is 0. The van der Waals surface area contributed by atoms with Gasteiger partial charge in [-0.3, -0.25) is 4.79 Å². The van der Waals surface area contributed by atoms with Crippen molar-refractivity contribution in [3.05, 3.63) is 0 Å². The molecule has 0 aliphatic rings. The summed E-state index contributed by atoms with van der Waals surface area (Å²) in [4.78, 5) is 31.7. The number of ether oxygens (including phenoxy) is 1. The molecule has 0 saturated heterocycles. The van der Waals surface area contributed by atoms with Crippen LogP contribution in [0, 0.1) is 5.92 Å². The van der Waals surface area contributed by atoms with Crippen LogP contribution in [0.5, 0.6) is 0 Å². The smallest absolute Gasteiger partial charge is 0.550 e. The molecule has 0 heterocycles.